The van der Waals surface area contributed by atoms with E-state index < -0.39 is 5.97 Å². The van der Waals surface area contributed by atoms with Crippen molar-refractivity contribution < 1.29 is 14.7 Å². The second-order valence-corrected chi connectivity index (χ2v) is 9.09. The van der Waals surface area contributed by atoms with Gasteiger partial charge >= 0.3 is 5.97 Å². The standard InChI is InChI=1S/C30H26N2O3S/c1-20-8-9-25(18-28(20)36-2)30(35)32-19-26-16-24(14-15-31-26)23-11-10-22(12-13-29(33)34)27(17-23)21-6-4-3-5-7-21/h3-18H,19H2,1-2H3,(H,32,35)(H,33,34)/b13-12+. The van der Waals surface area contributed by atoms with Crippen LogP contribution in [0, 0.1) is 6.92 Å². The van der Waals surface area contributed by atoms with Gasteiger partial charge in [0.15, 0.2) is 0 Å². The molecule has 36 heavy (non-hydrogen) atoms. The Balaban J connectivity index is 1.58. The Hall–Kier alpha value is -4.16. The zero-order valence-electron chi connectivity index (χ0n) is 20.1. The molecule has 0 saturated carbocycles. The van der Waals surface area contributed by atoms with E-state index in [1.807, 2.05) is 92.0 Å². The van der Waals surface area contributed by atoms with Gasteiger partial charge in [0.2, 0.25) is 0 Å². The summed E-state index contributed by atoms with van der Waals surface area (Å²) in [6.45, 7) is 2.33. The molecule has 3 aromatic carbocycles. The summed E-state index contributed by atoms with van der Waals surface area (Å²) in [4.78, 5) is 29.3. The maximum absolute atomic E-state index is 12.7. The number of benzene rings is 3. The van der Waals surface area contributed by atoms with Crippen LogP contribution in [0.25, 0.3) is 28.3 Å². The number of hydrogen-bond donors (Lipinski definition) is 2. The molecule has 0 spiro atoms. The Bertz CT molecular complexity index is 1430. The largest absolute Gasteiger partial charge is 0.478 e. The van der Waals surface area contributed by atoms with E-state index in [9.17, 15) is 9.59 Å². The molecule has 0 aliphatic heterocycles. The van der Waals surface area contributed by atoms with Crippen LogP contribution in [-0.2, 0) is 11.3 Å². The van der Waals surface area contributed by atoms with Crippen molar-refractivity contribution in [2.24, 2.45) is 0 Å². The minimum Gasteiger partial charge on any atom is -0.478 e. The van der Waals surface area contributed by atoms with Crippen LogP contribution in [0.15, 0.2) is 96.0 Å². The molecule has 5 nitrogen and oxygen atoms in total. The lowest BCUT2D eigenvalue weighted by molar-refractivity contribution is -0.131. The van der Waals surface area contributed by atoms with Crippen molar-refractivity contribution >= 4 is 29.7 Å². The molecule has 0 atom stereocenters. The van der Waals surface area contributed by atoms with E-state index in [-0.39, 0.29) is 5.91 Å². The van der Waals surface area contributed by atoms with Gasteiger partial charge in [0.1, 0.15) is 0 Å². The fourth-order valence-corrected chi connectivity index (χ4v) is 4.53. The topological polar surface area (TPSA) is 79.3 Å². The van der Waals surface area contributed by atoms with E-state index in [4.69, 9.17) is 5.11 Å². The second kappa shape index (κ2) is 11.5. The number of thioether (sulfide) groups is 1. The van der Waals surface area contributed by atoms with Crippen molar-refractivity contribution in [1.29, 1.82) is 0 Å². The second-order valence-electron chi connectivity index (χ2n) is 8.24. The van der Waals surface area contributed by atoms with Gasteiger partial charge in [-0.2, -0.15) is 0 Å². The van der Waals surface area contributed by atoms with Gasteiger partial charge in [0.05, 0.1) is 12.2 Å². The number of aliphatic carboxylic acids is 1. The van der Waals surface area contributed by atoms with Crippen molar-refractivity contribution in [3.8, 4) is 22.3 Å². The summed E-state index contributed by atoms with van der Waals surface area (Å²) in [5.41, 5.74) is 7.19. The molecule has 2 N–H and O–H groups in total. The molecule has 0 fully saturated rings. The Morgan fingerprint density at radius 2 is 1.72 bits per heavy atom. The number of rotatable bonds is 8. The SMILES string of the molecule is CSc1cc(C(=O)NCc2cc(-c3ccc(/C=C/C(=O)O)c(-c4ccccc4)c3)ccn2)ccc1C. The molecule has 0 saturated heterocycles. The minimum absolute atomic E-state index is 0.140. The first-order valence-electron chi connectivity index (χ1n) is 11.4. The monoisotopic (exact) mass is 494 g/mol. The number of nitrogens with zero attached hydrogens (tertiary/aromatic N) is 1. The number of hydrogen-bond acceptors (Lipinski definition) is 4. The number of aromatic nitrogens is 1. The van der Waals surface area contributed by atoms with E-state index in [1.165, 1.54) is 0 Å². The lowest BCUT2D eigenvalue weighted by Gasteiger charge is -2.12. The minimum atomic E-state index is -0.991. The molecule has 4 rings (SSSR count). The Morgan fingerprint density at radius 1 is 0.944 bits per heavy atom. The summed E-state index contributed by atoms with van der Waals surface area (Å²) >= 11 is 1.62. The summed E-state index contributed by atoms with van der Waals surface area (Å²) in [7, 11) is 0. The van der Waals surface area contributed by atoms with Crippen molar-refractivity contribution in [2.75, 3.05) is 6.26 Å². The Labute approximate surface area is 214 Å². The van der Waals surface area contributed by atoms with Gasteiger partial charge in [0, 0.05) is 22.7 Å². The normalized spacial score (nSPS) is 10.9. The Kier molecular flexibility index (Phi) is 7.98. The lowest BCUT2D eigenvalue weighted by atomic mass is 9.94. The van der Waals surface area contributed by atoms with Crippen molar-refractivity contribution in [3.63, 3.8) is 0 Å². The smallest absolute Gasteiger partial charge is 0.328 e. The van der Waals surface area contributed by atoms with Gasteiger partial charge in [-0.15, -0.1) is 11.8 Å². The molecule has 0 radical (unpaired) electrons. The molecule has 0 aliphatic carbocycles. The molecule has 4 aromatic rings. The van der Waals surface area contributed by atoms with Crippen molar-refractivity contribution in [3.05, 3.63) is 114 Å². The third-order valence-electron chi connectivity index (χ3n) is 5.79. The van der Waals surface area contributed by atoms with Gasteiger partial charge in [-0.1, -0.05) is 48.5 Å². The average molecular weight is 495 g/mol. The third kappa shape index (κ3) is 6.09. The zero-order valence-corrected chi connectivity index (χ0v) is 20.9. The predicted molar refractivity (Wildman–Crippen MR) is 146 cm³/mol. The quantitative estimate of drug-likeness (QED) is 0.217. The highest BCUT2D eigenvalue weighted by Crippen LogP contribution is 2.31. The highest BCUT2D eigenvalue weighted by Gasteiger charge is 2.10. The number of pyridine rings is 1. The molecule has 6 heteroatoms. The van der Waals surface area contributed by atoms with Gasteiger partial charge in [-0.3, -0.25) is 9.78 Å². The summed E-state index contributed by atoms with van der Waals surface area (Å²) in [6.07, 6.45) is 6.48. The predicted octanol–water partition coefficient (Wildman–Crippen LogP) is 6.47. The van der Waals surface area contributed by atoms with Crippen LogP contribution in [-0.4, -0.2) is 28.2 Å². The van der Waals surface area contributed by atoms with E-state index in [2.05, 4.69) is 10.3 Å². The first kappa shape index (κ1) is 24.9. The number of carbonyl (C=O) groups is 2. The summed E-state index contributed by atoms with van der Waals surface area (Å²) in [5, 5.41) is 12.0. The van der Waals surface area contributed by atoms with Crippen LogP contribution in [0.3, 0.4) is 0 Å². The molecule has 0 aliphatic rings. The number of amides is 1. The van der Waals surface area contributed by atoms with E-state index in [0.29, 0.717) is 12.1 Å². The molecule has 180 valence electrons. The molecule has 0 bridgehead atoms. The van der Waals surface area contributed by atoms with Crippen LogP contribution in [0.4, 0.5) is 0 Å². The van der Waals surface area contributed by atoms with Crippen LogP contribution in [0.1, 0.15) is 27.2 Å². The van der Waals surface area contributed by atoms with Gasteiger partial charge in [-0.05, 0) is 83.0 Å². The average Bonchev–Trinajstić information content (AvgIpc) is 2.91. The molecular formula is C30H26N2O3S. The van der Waals surface area contributed by atoms with Crippen molar-refractivity contribution in [2.45, 2.75) is 18.4 Å². The molecular weight excluding hydrogens is 468 g/mol. The fourth-order valence-electron chi connectivity index (χ4n) is 3.90. The van der Waals surface area contributed by atoms with Crippen LogP contribution in [0.5, 0.6) is 0 Å². The van der Waals surface area contributed by atoms with Crippen LogP contribution >= 0.6 is 11.8 Å². The maximum Gasteiger partial charge on any atom is 0.328 e. The third-order valence-corrected chi connectivity index (χ3v) is 6.67. The van der Waals surface area contributed by atoms with Gasteiger partial charge in [0.25, 0.3) is 5.91 Å². The molecule has 1 aromatic heterocycles. The van der Waals surface area contributed by atoms with E-state index in [0.717, 1.165) is 50.0 Å². The number of carboxylic acids is 1. The van der Waals surface area contributed by atoms with Crippen molar-refractivity contribution in [1.82, 2.24) is 10.3 Å². The summed E-state index contributed by atoms with van der Waals surface area (Å²) < 4.78 is 0. The Morgan fingerprint density at radius 3 is 2.47 bits per heavy atom. The zero-order chi connectivity index (χ0) is 25.5. The van der Waals surface area contributed by atoms with Gasteiger partial charge in [-0.25, -0.2) is 4.79 Å². The number of carboxylic acid groups (broad SMARTS) is 1. The fraction of sp³-hybridized carbons (Fsp3) is 0.100. The van der Waals surface area contributed by atoms with Crippen LogP contribution < -0.4 is 5.32 Å². The van der Waals surface area contributed by atoms with Gasteiger partial charge < -0.3 is 10.4 Å². The lowest BCUT2D eigenvalue weighted by Crippen LogP contribution is -2.23. The first-order chi connectivity index (χ1) is 17.4. The summed E-state index contributed by atoms with van der Waals surface area (Å²) in [6, 6.07) is 25.4. The maximum atomic E-state index is 12.7. The highest BCUT2D eigenvalue weighted by atomic mass is 32.2. The number of carbonyl (C=O) groups excluding carboxylic acids is 1. The first-order valence-corrected chi connectivity index (χ1v) is 12.7. The molecule has 1 heterocycles. The summed E-state index contributed by atoms with van der Waals surface area (Å²) in [5.74, 6) is -1.13. The number of aryl methyl sites for hydroxylation is 1. The van der Waals surface area contributed by atoms with Crippen LogP contribution in [0.2, 0.25) is 0 Å². The van der Waals surface area contributed by atoms with E-state index in [1.54, 1.807) is 24.0 Å². The molecule has 1 amide bonds. The molecule has 0 unspecified atom stereocenters. The van der Waals surface area contributed by atoms with E-state index >= 15 is 0 Å². The highest BCUT2D eigenvalue weighted by molar-refractivity contribution is 7.98. The number of nitrogens with one attached hydrogen (secondary N) is 1.